The van der Waals surface area contributed by atoms with Gasteiger partial charge in [-0.25, -0.2) is 0 Å². The first-order valence-corrected chi connectivity index (χ1v) is 8.57. The van der Waals surface area contributed by atoms with Crippen molar-refractivity contribution in [3.05, 3.63) is 42.5 Å². The van der Waals surface area contributed by atoms with E-state index in [0.717, 1.165) is 37.2 Å². The van der Waals surface area contributed by atoms with Crippen molar-refractivity contribution in [2.24, 2.45) is 5.41 Å². The summed E-state index contributed by atoms with van der Waals surface area (Å²) in [5.41, 5.74) is 0.451. The Balaban J connectivity index is 2.33. The van der Waals surface area contributed by atoms with Gasteiger partial charge in [0.25, 0.3) is 0 Å². The Morgan fingerprint density at radius 1 is 1.46 bits per heavy atom. The van der Waals surface area contributed by atoms with Gasteiger partial charge >= 0.3 is 5.97 Å². The van der Waals surface area contributed by atoms with Crippen LogP contribution in [0.4, 0.5) is 0 Å². The van der Waals surface area contributed by atoms with Crippen LogP contribution >= 0.6 is 0 Å². The summed E-state index contributed by atoms with van der Waals surface area (Å²) < 4.78 is 11.3. The molecule has 0 radical (unpaired) electrons. The monoisotopic (exact) mass is 331 g/mol. The van der Waals surface area contributed by atoms with Gasteiger partial charge in [0, 0.05) is 6.54 Å². The summed E-state index contributed by atoms with van der Waals surface area (Å²) in [6, 6.07) is 7.99. The van der Waals surface area contributed by atoms with Crippen molar-refractivity contribution in [3.63, 3.8) is 0 Å². The van der Waals surface area contributed by atoms with Gasteiger partial charge in [0.05, 0.1) is 18.6 Å². The second kappa shape index (κ2) is 7.84. The van der Waals surface area contributed by atoms with Crippen LogP contribution in [0.2, 0.25) is 0 Å². The Hall–Kier alpha value is -1.81. The molecule has 1 aliphatic heterocycles. The van der Waals surface area contributed by atoms with E-state index in [4.69, 9.17) is 9.47 Å². The highest BCUT2D eigenvalue weighted by molar-refractivity contribution is 5.75. The second-order valence-corrected chi connectivity index (χ2v) is 7.35. The van der Waals surface area contributed by atoms with Crippen LogP contribution in [0.15, 0.2) is 36.9 Å². The Bertz CT molecular complexity index is 576. The van der Waals surface area contributed by atoms with E-state index in [1.165, 1.54) is 0 Å². The fourth-order valence-electron chi connectivity index (χ4n) is 3.07. The molecule has 4 nitrogen and oxygen atoms in total. The molecule has 0 unspecified atom stereocenters. The van der Waals surface area contributed by atoms with Crippen LogP contribution in [0.3, 0.4) is 0 Å². The maximum atomic E-state index is 12.5. The number of methoxy groups -OCH3 is 1. The normalized spacial score (nSPS) is 19.8. The molecular formula is C20H29NO3. The van der Waals surface area contributed by atoms with Gasteiger partial charge in [-0.2, -0.15) is 0 Å². The standard InChI is InChI=1S/C20H29NO3/c1-6-12-21-13-8-11-17(21)18(24-19(22)20(2,3)4)15-9-7-10-16(14-15)23-5/h6-7,9-10,14,17-18H,1,8,11-13H2,2-5H3/t17-,18-/m0/s1. The summed E-state index contributed by atoms with van der Waals surface area (Å²) in [5, 5.41) is 0. The Morgan fingerprint density at radius 2 is 2.21 bits per heavy atom. The van der Waals surface area contributed by atoms with E-state index in [1.807, 2.05) is 51.1 Å². The highest BCUT2D eigenvalue weighted by Gasteiger charge is 2.37. The largest absolute Gasteiger partial charge is 0.497 e. The second-order valence-electron chi connectivity index (χ2n) is 7.35. The molecule has 0 N–H and O–H groups in total. The van der Waals surface area contributed by atoms with Crippen molar-refractivity contribution in [1.29, 1.82) is 0 Å². The summed E-state index contributed by atoms with van der Waals surface area (Å²) in [6.45, 7) is 11.3. The Labute approximate surface area is 145 Å². The van der Waals surface area contributed by atoms with Crippen molar-refractivity contribution in [2.45, 2.75) is 45.8 Å². The molecule has 0 amide bonds. The Morgan fingerprint density at radius 3 is 2.83 bits per heavy atom. The first kappa shape index (κ1) is 18.5. The van der Waals surface area contributed by atoms with E-state index in [2.05, 4.69) is 11.5 Å². The van der Waals surface area contributed by atoms with Crippen molar-refractivity contribution in [1.82, 2.24) is 4.90 Å². The molecule has 0 aliphatic carbocycles. The minimum absolute atomic E-state index is 0.168. The molecule has 1 heterocycles. The quantitative estimate of drug-likeness (QED) is 0.584. The van der Waals surface area contributed by atoms with Crippen LogP contribution in [-0.4, -0.2) is 37.1 Å². The molecular weight excluding hydrogens is 302 g/mol. The summed E-state index contributed by atoms with van der Waals surface area (Å²) in [7, 11) is 1.65. The SMILES string of the molecule is C=CCN1CCC[C@H]1[C@@H](OC(=O)C(C)(C)C)c1cccc(OC)c1. The number of likely N-dealkylation sites (tertiary alicyclic amines) is 1. The van der Waals surface area contributed by atoms with Gasteiger partial charge < -0.3 is 9.47 Å². The van der Waals surface area contributed by atoms with Crippen molar-refractivity contribution in [2.75, 3.05) is 20.2 Å². The van der Waals surface area contributed by atoms with Crippen LogP contribution in [-0.2, 0) is 9.53 Å². The van der Waals surface area contributed by atoms with Crippen LogP contribution in [0, 0.1) is 5.41 Å². The molecule has 132 valence electrons. The molecule has 1 aromatic carbocycles. The van der Waals surface area contributed by atoms with Crippen molar-refractivity contribution in [3.8, 4) is 5.75 Å². The number of benzene rings is 1. The van der Waals surface area contributed by atoms with Gasteiger partial charge in [0.15, 0.2) is 0 Å². The van der Waals surface area contributed by atoms with Gasteiger partial charge in [-0.3, -0.25) is 9.69 Å². The van der Waals surface area contributed by atoms with E-state index in [9.17, 15) is 4.79 Å². The molecule has 0 saturated carbocycles. The van der Waals surface area contributed by atoms with Crippen molar-refractivity contribution < 1.29 is 14.3 Å². The average molecular weight is 331 g/mol. The number of carbonyl (C=O) groups is 1. The zero-order valence-electron chi connectivity index (χ0n) is 15.2. The number of esters is 1. The van der Waals surface area contributed by atoms with Crippen molar-refractivity contribution >= 4 is 5.97 Å². The fourth-order valence-corrected chi connectivity index (χ4v) is 3.07. The first-order chi connectivity index (χ1) is 11.4. The van der Waals surface area contributed by atoms with E-state index >= 15 is 0 Å². The molecule has 1 fully saturated rings. The minimum atomic E-state index is -0.529. The predicted octanol–water partition coefficient (Wildman–Crippen LogP) is 3.98. The fraction of sp³-hybridized carbons (Fsp3) is 0.550. The lowest BCUT2D eigenvalue weighted by atomic mass is 9.95. The topological polar surface area (TPSA) is 38.8 Å². The molecule has 0 aromatic heterocycles. The van der Waals surface area contributed by atoms with Gasteiger partial charge in [-0.1, -0.05) is 18.2 Å². The Kier molecular flexibility index (Phi) is 6.05. The third-order valence-corrected chi connectivity index (χ3v) is 4.40. The maximum Gasteiger partial charge on any atom is 0.311 e. The van der Waals surface area contributed by atoms with E-state index in [-0.39, 0.29) is 18.1 Å². The zero-order chi connectivity index (χ0) is 17.7. The smallest absolute Gasteiger partial charge is 0.311 e. The highest BCUT2D eigenvalue weighted by atomic mass is 16.5. The lowest BCUT2D eigenvalue weighted by Gasteiger charge is -2.33. The number of hydrogen-bond acceptors (Lipinski definition) is 4. The summed E-state index contributed by atoms with van der Waals surface area (Å²) in [5.74, 6) is 0.596. The number of nitrogens with zero attached hydrogens (tertiary/aromatic N) is 1. The highest BCUT2D eigenvalue weighted by Crippen LogP contribution is 2.35. The van der Waals surface area contributed by atoms with Crippen LogP contribution < -0.4 is 4.74 Å². The van der Waals surface area contributed by atoms with Gasteiger partial charge in [-0.05, 0) is 57.9 Å². The van der Waals surface area contributed by atoms with Crippen LogP contribution in [0.5, 0.6) is 5.75 Å². The maximum absolute atomic E-state index is 12.5. The summed E-state index contributed by atoms with van der Waals surface area (Å²) in [6.07, 6.45) is 3.72. The predicted molar refractivity (Wildman–Crippen MR) is 96.1 cm³/mol. The van der Waals surface area contributed by atoms with E-state index < -0.39 is 5.41 Å². The molecule has 2 atom stereocenters. The molecule has 1 saturated heterocycles. The number of ether oxygens (including phenoxy) is 2. The zero-order valence-corrected chi connectivity index (χ0v) is 15.2. The van der Waals surface area contributed by atoms with E-state index in [0.29, 0.717) is 0 Å². The third-order valence-electron chi connectivity index (χ3n) is 4.40. The van der Waals surface area contributed by atoms with Crippen LogP contribution in [0.25, 0.3) is 0 Å². The lowest BCUT2D eigenvalue weighted by Crippen LogP contribution is -2.38. The first-order valence-electron chi connectivity index (χ1n) is 8.57. The number of carbonyl (C=O) groups excluding carboxylic acids is 1. The van der Waals surface area contributed by atoms with Gasteiger partial charge in [0.1, 0.15) is 11.9 Å². The van der Waals surface area contributed by atoms with Gasteiger partial charge in [-0.15, -0.1) is 6.58 Å². The van der Waals surface area contributed by atoms with E-state index in [1.54, 1.807) is 7.11 Å². The van der Waals surface area contributed by atoms with Gasteiger partial charge in [0.2, 0.25) is 0 Å². The molecule has 0 bridgehead atoms. The minimum Gasteiger partial charge on any atom is -0.497 e. The number of hydrogen-bond donors (Lipinski definition) is 0. The third kappa shape index (κ3) is 4.38. The van der Waals surface area contributed by atoms with Crippen LogP contribution in [0.1, 0.15) is 45.3 Å². The molecule has 24 heavy (non-hydrogen) atoms. The molecule has 1 aliphatic rings. The molecule has 4 heteroatoms. The summed E-state index contributed by atoms with van der Waals surface area (Å²) in [4.78, 5) is 14.9. The lowest BCUT2D eigenvalue weighted by molar-refractivity contribution is -0.162. The molecule has 2 rings (SSSR count). The molecule has 0 spiro atoms. The molecule has 1 aromatic rings. The average Bonchev–Trinajstić information content (AvgIpc) is 3.00. The number of rotatable bonds is 6. The summed E-state index contributed by atoms with van der Waals surface area (Å²) >= 11 is 0.